The molecule has 0 bridgehead atoms. The Morgan fingerprint density at radius 3 is 2.25 bits per heavy atom. The van der Waals surface area contributed by atoms with Crippen LogP contribution in [0.2, 0.25) is 0 Å². The van der Waals surface area contributed by atoms with E-state index in [9.17, 15) is 18.0 Å². The molecule has 0 saturated heterocycles. The van der Waals surface area contributed by atoms with Crippen LogP contribution in [-0.4, -0.2) is 61.0 Å². The van der Waals surface area contributed by atoms with Gasteiger partial charge in [-0.2, -0.15) is 23.5 Å². The number of urea groups is 1. The molecule has 0 aliphatic rings. The van der Waals surface area contributed by atoms with Crippen LogP contribution in [0.4, 0.5) is 10.7 Å². The predicted octanol–water partition coefficient (Wildman–Crippen LogP) is -0.322. The molecule has 14 heteroatoms. The minimum atomic E-state index is -4.76. The van der Waals surface area contributed by atoms with Crippen LogP contribution < -0.4 is 19.5 Å². The zero-order chi connectivity index (χ0) is 21.1. The van der Waals surface area contributed by atoms with Crippen molar-refractivity contribution < 1.29 is 32.2 Å². The Morgan fingerprint density at radius 2 is 1.79 bits per heavy atom. The van der Waals surface area contributed by atoms with Crippen LogP contribution in [0.15, 0.2) is 17.3 Å². The lowest BCUT2D eigenvalue weighted by Crippen LogP contribution is -2.43. The minimum Gasteiger partial charge on any atom is -0.481 e. The van der Waals surface area contributed by atoms with Gasteiger partial charge in [0.25, 0.3) is 16.0 Å². The molecule has 2 rings (SSSR count). The second-order valence-corrected chi connectivity index (χ2v) is 6.77. The minimum absolute atomic E-state index is 0.00292. The molecule has 0 unspecified atom stereocenters. The Balaban J connectivity index is 2.70. The lowest BCUT2D eigenvalue weighted by Gasteiger charge is -2.19. The van der Waals surface area contributed by atoms with Crippen molar-refractivity contribution in [2.45, 2.75) is 11.9 Å². The lowest BCUT2D eigenvalue weighted by molar-refractivity contribution is 0.0521. The van der Waals surface area contributed by atoms with Crippen LogP contribution in [0.5, 0.6) is 11.8 Å². The van der Waals surface area contributed by atoms with Gasteiger partial charge < -0.3 is 19.9 Å². The van der Waals surface area contributed by atoms with Gasteiger partial charge in [0.15, 0.2) is 5.03 Å². The highest BCUT2D eigenvalue weighted by Gasteiger charge is 2.38. The van der Waals surface area contributed by atoms with Crippen molar-refractivity contribution in [1.29, 1.82) is 0 Å². The summed E-state index contributed by atoms with van der Waals surface area (Å²) in [5, 5.41) is 3.13. The Kier molecular flexibility index (Phi) is 6.03. The molecule has 0 aliphatic heterocycles. The highest BCUT2D eigenvalue weighted by Crippen LogP contribution is 2.27. The molecule has 152 valence electrons. The van der Waals surface area contributed by atoms with Gasteiger partial charge in [0, 0.05) is 7.05 Å². The largest absolute Gasteiger partial charge is 0.481 e. The zero-order valence-corrected chi connectivity index (χ0v) is 16.3. The van der Waals surface area contributed by atoms with Crippen LogP contribution in [-0.2, 0) is 21.8 Å². The van der Waals surface area contributed by atoms with Gasteiger partial charge in [0.2, 0.25) is 11.8 Å². The van der Waals surface area contributed by atoms with Crippen LogP contribution in [0.1, 0.15) is 17.3 Å². The first-order valence-electron chi connectivity index (χ1n) is 7.68. The number of carbonyl (C=O) groups excluding carboxylic acids is 2. The molecule has 0 spiro atoms. The number of sulfonamides is 1. The quantitative estimate of drug-likeness (QED) is 0.592. The maximum atomic E-state index is 13.2. The zero-order valence-electron chi connectivity index (χ0n) is 15.4. The van der Waals surface area contributed by atoms with E-state index in [4.69, 9.17) is 19.9 Å². The smallest absolute Gasteiger partial charge is 0.342 e. The normalized spacial score (nSPS) is 11.0. The average Bonchev–Trinajstić information content (AvgIpc) is 3.03. The van der Waals surface area contributed by atoms with Gasteiger partial charge in [-0.3, -0.25) is 4.68 Å². The molecule has 0 aromatic carbocycles. The fourth-order valence-corrected chi connectivity index (χ4v) is 3.69. The number of carbonyl (C=O) groups is 2. The maximum absolute atomic E-state index is 13.2. The number of aryl methyl sites for hydroxylation is 1. The molecule has 2 heterocycles. The lowest BCUT2D eigenvalue weighted by atomic mass is 10.4. The Labute approximate surface area is 160 Å². The molecule has 2 aromatic heterocycles. The SMILES string of the molecule is CCOC(=O)c1cnn(C)c1S(=O)(=O)N(C(N)=O)c1nc(OC)cc(OC)n1. The number of ether oxygens (including phenoxy) is 3. The number of anilines is 1. The van der Waals surface area contributed by atoms with E-state index in [1.54, 1.807) is 6.92 Å². The summed E-state index contributed by atoms with van der Waals surface area (Å²) in [5.41, 5.74) is 4.90. The van der Waals surface area contributed by atoms with Gasteiger partial charge in [0.05, 0.1) is 33.1 Å². The van der Waals surface area contributed by atoms with Crippen LogP contribution in [0.3, 0.4) is 0 Å². The summed E-state index contributed by atoms with van der Waals surface area (Å²) >= 11 is 0. The maximum Gasteiger partial charge on any atom is 0.342 e. The van der Waals surface area contributed by atoms with Crippen LogP contribution >= 0.6 is 0 Å². The fraction of sp³-hybridized carbons (Fsp3) is 0.357. The standard InChI is InChI=1S/C14H18N6O7S/c1-5-27-12(21)8-7-16-19(2)11(8)28(23,24)20(13(15)22)14-17-9(25-3)6-10(18-14)26-4/h6-7H,5H2,1-4H3,(H2,15,22). The number of aromatic nitrogens is 4. The molecule has 0 saturated carbocycles. The number of methoxy groups -OCH3 is 2. The molecular formula is C14H18N6O7S. The molecule has 0 aliphatic carbocycles. The highest BCUT2D eigenvalue weighted by molar-refractivity contribution is 7.93. The number of hydrogen-bond acceptors (Lipinski definition) is 10. The Hall–Kier alpha value is -3.42. The van der Waals surface area contributed by atoms with E-state index in [-0.39, 0.29) is 28.2 Å². The van der Waals surface area contributed by atoms with Crippen molar-refractivity contribution >= 4 is 28.0 Å². The van der Waals surface area contributed by atoms with Gasteiger partial charge in [0.1, 0.15) is 5.56 Å². The molecule has 28 heavy (non-hydrogen) atoms. The number of amides is 2. The first-order valence-corrected chi connectivity index (χ1v) is 9.12. The van der Waals surface area contributed by atoms with Crippen molar-refractivity contribution in [2.24, 2.45) is 12.8 Å². The van der Waals surface area contributed by atoms with Crippen LogP contribution in [0.25, 0.3) is 0 Å². The van der Waals surface area contributed by atoms with Gasteiger partial charge >= 0.3 is 12.0 Å². The van der Waals surface area contributed by atoms with Gasteiger partial charge in [-0.15, -0.1) is 4.31 Å². The van der Waals surface area contributed by atoms with Gasteiger partial charge in [-0.05, 0) is 6.92 Å². The van der Waals surface area contributed by atoms with Crippen molar-refractivity contribution in [3.63, 3.8) is 0 Å². The number of esters is 1. The molecule has 2 aromatic rings. The topological polar surface area (TPSA) is 169 Å². The van der Waals surface area contributed by atoms with Crippen LogP contribution in [0, 0.1) is 0 Å². The van der Waals surface area contributed by atoms with E-state index in [0.717, 1.165) is 10.9 Å². The third kappa shape index (κ3) is 3.80. The van der Waals surface area contributed by atoms with Gasteiger partial charge in [-0.1, -0.05) is 0 Å². The molecule has 0 fully saturated rings. The number of nitrogens with two attached hydrogens (primary N) is 1. The summed E-state index contributed by atoms with van der Waals surface area (Å²) in [6.45, 7) is 1.55. The molecular weight excluding hydrogens is 396 g/mol. The molecule has 2 N–H and O–H groups in total. The van der Waals surface area contributed by atoms with E-state index >= 15 is 0 Å². The van der Waals surface area contributed by atoms with Gasteiger partial charge in [-0.25, -0.2) is 9.59 Å². The van der Waals surface area contributed by atoms with E-state index in [2.05, 4.69) is 15.1 Å². The monoisotopic (exact) mass is 414 g/mol. The summed E-state index contributed by atoms with van der Waals surface area (Å²) in [7, 11) is -0.952. The molecule has 0 radical (unpaired) electrons. The summed E-state index contributed by atoms with van der Waals surface area (Å²) in [6.07, 6.45) is 0.997. The van der Waals surface area contributed by atoms with E-state index in [0.29, 0.717) is 0 Å². The molecule has 2 amide bonds. The van der Waals surface area contributed by atoms with Crippen molar-refractivity contribution in [3.8, 4) is 11.8 Å². The summed E-state index contributed by atoms with van der Waals surface area (Å²) < 4.78 is 42.1. The van der Waals surface area contributed by atoms with Crippen molar-refractivity contribution in [1.82, 2.24) is 19.7 Å². The average molecular weight is 414 g/mol. The first-order chi connectivity index (χ1) is 13.2. The molecule has 0 atom stereocenters. The predicted molar refractivity (Wildman–Crippen MR) is 93.5 cm³/mol. The first kappa shape index (κ1) is 20.9. The van der Waals surface area contributed by atoms with E-state index < -0.39 is 33.0 Å². The third-order valence-electron chi connectivity index (χ3n) is 3.33. The summed E-state index contributed by atoms with van der Waals surface area (Å²) in [5.74, 6) is -1.75. The second-order valence-electron chi connectivity index (χ2n) is 5.07. The summed E-state index contributed by atoms with van der Waals surface area (Å²) in [4.78, 5) is 31.8. The second kappa shape index (κ2) is 8.08. The third-order valence-corrected chi connectivity index (χ3v) is 5.13. The number of rotatable bonds is 7. The van der Waals surface area contributed by atoms with E-state index in [1.165, 1.54) is 27.3 Å². The Morgan fingerprint density at radius 1 is 1.21 bits per heavy atom. The van der Waals surface area contributed by atoms with Crippen molar-refractivity contribution in [3.05, 3.63) is 17.8 Å². The number of hydrogen-bond donors (Lipinski definition) is 1. The number of nitrogens with zero attached hydrogens (tertiary/aromatic N) is 5. The Bertz CT molecular complexity index is 981. The highest BCUT2D eigenvalue weighted by atomic mass is 32.2. The number of primary amides is 1. The van der Waals surface area contributed by atoms with E-state index in [1.807, 2.05) is 0 Å². The summed E-state index contributed by atoms with van der Waals surface area (Å²) in [6, 6.07) is -0.157. The molecule has 13 nitrogen and oxygen atoms in total. The fourth-order valence-electron chi connectivity index (χ4n) is 2.18. The van der Waals surface area contributed by atoms with Crippen molar-refractivity contribution in [2.75, 3.05) is 25.1 Å².